The van der Waals surface area contributed by atoms with E-state index in [0.29, 0.717) is 31.4 Å². The van der Waals surface area contributed by atoms with Crippen molar-refractivity contribution in [2.75, 3.05) is 6.54 Å². The summed E-state index contributed by atoms with van der Waals surface area (Å²) in [5.74, 6) is -0.228. The van der Waals surface area contributed by atoms with E-state index < -0.39 is 12.0 Å². The first-order valence-electron chi connectivity index (χ1n) is 12.9. The fraction of sp³-hybridized carbons (Fsp3) is 0.152. The minimum Gasteiger partial charge on any atom is -0.480 e. The predicted molar refractivity (Wildman–Crippen MR) is 148 cm³/mol. The maximum atomic E-state index is 12.9. The van der Waals surface area contributed by atoms with Gasteiger partial charge in [0.05, 0.1) is 0 Å². The molecule has 0 aliphatic carbocycles. The molecule has 188 valence electrons. The first kappa shape index (κ1) is 23.7. The third-order valence-electron chi connectivity index (χ3n) is 7.31. The molecule has 1 amide bonds. The Morgan fingerprint density at radius 1 is 0.789 bits per heavy atom. The third kappa shape index (κ3) is 4.48. The molecule has 5 aromatic rings. The van der Waals surface area contributed by atoms with Gasteiger partial charge in [-0.2, -0.15) is 0 Å². The number of likely N-dealkylation sites (tertiary alicyclic amines) is 1. The number of furan rings is 1. The summed E-state index contributed by atoms with van der Waals surface area (Å²) in [7, 11) is 0. The third-order valence-corrected chi connectivity index (χ3v) is 7.31. The average molecular weight is 502 g/mol. The van der Waals surface area contributed by atoms with Gasteiger partial charge in [0, 0.05) is 29.5 Å². The van der Waals surface area contributed by atoms with E-state index >= 15 is 0 Å². The molecule has 6 rings (SSSR count). The summed E-state index contributed by atoms with van der Waals surface area (Å²) in [6, 6.07) is 33.5. The van der Waals surface area contributed by atoms with Gasteiger partial charge in [-0.05, 0) is 53.3 Å². The van der Waals surface area contributed by atoms with Crippen molar-refractivity contribution in [1.29, 1.82) is 0 Å². The van der Waals surface area contributed by atoms with Crippen LogP contribution in [-0.4, -0.2) is 34.5 Å². The van der Waals surface area contributed by atoms with Gasteiger partial charge in [-0.25, -0.2) is 4.79 Å². The first-order valence-corrected chi connectivity index (χ1v) is 12.9. The lowest BCUT2D eigenvalue weighted by atomic mass is 9.96. The monoisotopic (exact) mass is 501 g/mol. The summed E-state index contributed by atoms with van der Waals surface area (Å²) in [4.78, 5) is 25.9. The smallest absolute Gasteiger partial charge is 0.326 e. The number of benzene rings is 4. The molecule has 1 aromatic heterocycles. The molecule has 0 saturated carbocycles. The first-order chi connectivity index (χ1) is 18.6. The van der Waals surface area contributed by atoms with Gasteiger partial charge in [0.15, 0.2) is 0 Å². The normalized spacial score (nSPS) is 15.2. The molecule has 1 atom stereocenters. The lowest BCUT2D eigenvalue weighted by molar-refractivity contribution is -0.141. The molecule has 5 nitrogen and oxygen atoms in total. The number of carbonyl (C=O) groups excluding carboxylic acids is 1. The molecular formula is C33H27NO4. The lowest BCUT2D eigenvalue weighted by Crippen LogP contribution is -2.40. The van der Waals surface area contributed by atoms with Crippen LogP contribution < -0.4 is 0 Å². The highest BCUT2D eigenvalue weighted by Crippen LogP contribution is 2.37. The fourth-order valence-corrected chi connectivity index (χ4v) is 5.39. The second-order valence-corrected chi connectivity index (χ2v) is 9.71. The topological polar surface area (TPSA) is 70.8 Å². The quantitative estimate of drug-likeness (QED) is 0.271. The van der Waals surface area contributed by atoms with Crippen LogP contribution in [0.1, 0.15) is 34.5 Å². The molecule has 38 heavy (non-hydrogen) atoms. The Morgan fingerprint density at radius 2 is 1.42 bits per heavy atom. The number of fused-ring (bicyclic) bond motifs is 1. The van der Waals surface area contributed by atoms with Crippen molar-refractivity contribution >= 4 is 22.8 Å². The Bertz CT molecular complexity index is 1600. The summed E-state index contributed by atoms with van der Waals surface area (Å²) in [6.07, 6.45) is 1.93. The number of amides is 1. The SMILES string of the molecule is O=C(O)C1CCCN1C(=O)c1ccc(-c2ccc(-c3c(Cc4ccccc4)oc4ccccc34)cc2)cc1. The van der Waals surface area contributed by atoms with Crippen LogP contribution in [0.3, 0.4) is 0 Å². The number of para-hydroxylation sites is 1. The van der Waals surface area contributed by atoms with Gasteiger partial charge >= 0.3 is 5.97 Å². The van der Waals surface area contributed by atoms with E-state index in [0.717, 1.165) is 39.0 Å². The minimum absolute atomic E-state index is 0.227. The maximum absolute atomic E-state index is 12.9. The number of carboxylic acid groups (broad SMARTS) is 1. The van der Waals surface area contributed by atoms with E-state index in [-0.39, 0.29) is 5.91 Å². The van der Waals surface area contributed by atoms with Crippen LogP contribution in [0.5, 0.6) is 0 Å². The van der Waals surface area contributed by atoms with Crippen molar-refractivity contribution in [3.05, 3.63) is 120 Å². The largest absolute Gasteiger partial charge is 0.480 e. The van der Waals surface area contributed by atoms with Gasteiger partial charge in [-0.1, -0.05) is 84.9 Å². The van der Waals surface area contributed by atoms with Crippen LogP contribution in [0.25, 0.3) is 33.2 Å². The second-order valence-electron chi connectivity index (χ2n) is 9.71. The molecule has 0 spiro atoms. The van der Waals surface area contributed by atoms with E-state index in [2.05, 4.69) is 42.5 Å². The maximum Gasteiger partial charge on any atom is 0.326 e. The van der Waals surface area contributed by atoms with Gasteiger partial charge < -0.3 is 14.4 Å². The van der Waals surface area contributed by atoms with Crippen LogP contribution in [0.2, 0.25) is 0 Å². The van der Waals surface area contributed by atoms with E-state index in [1.807, 2.05) is 48.5 Å². The Morgan fingerprint density at radius 3 is 2.13 bits per heavy atom. The zero-order chi connectivity index (χ0) is 26.1. The number of rotatable bonds is 6. The molecule has 1 fully saturated rings. The van der Waals surface area contributed by atoms with Gasteiger partial charge in [0.2, 0.25) is 0 Å². The molecule has 1 aliphatic heterocycles. The molecule has 1 N–H and O–H groups in total. The molecule has 1 aliphatic rings. The van der Waals surface area contributed by atoms with Crippen LogP contribution in [0.4, 0.5) is 0 Å². The predicted octanol–water partition coefficient (Wildman–Crippen LogP) is 7.05. The van der Waals surface area contributed by atoms with E-state index in [1.54, 1.807) is 12.1 Å². The average Bonchev–Trinajstić information content (AvgIpc) is 3.59. The van der Waals surface area contributed by atoms with E-state index in [1.165, 1.54) is 10.5 Å². The van der Waals surface area contributed by atoms with Crippen LogP contribution in [0, 0.1) is 0 Å². The highest BCUT2D eigenvalue weighted by molar-refractivity contribution is 5.98. The Kier molecular flexibility index (Phi) is 6.26. The van der Waals surface area contributed by atoms with Crippen LogP contribution in [-0.2, 0) is 11.2 Å². The van der Waals surface area contributed by atoms with Gasteiger partial charge in [0.1, 0.15) is 17.4 Å². The Labute approximate surface area is 221 Å². The van der Waals surface area contributed by atoms with Gasteiger partial charge in [-0.3, -0.25) is 4.79 Å². The molecule has 0 radical (unpaired) electrons. The number of aliphatic carboxylic acids is 1. The standard InChI is InChI=1S/C33H27NO4/c35-32(34-20-6-10-28(34)33(36)37)26-18-14-24(15-19-26)23-12-16-25(17-13-23)31-27-9-4-5-11-29(27)38-30(31)21-22-7-2-1-3-8-22/h1-5,7-9,11-19,28H,6,10,20-21H2,(H,36,37). The van der Waals surface area contributed by atoms with Crippen molar-refractivity contribution in [2.24, 2.45) is 0 Å². The number of carboxylic acids is 1. The summed E-state index contributed by atoms with van der Waals surface area (Å²) in [6.45, 7) is 0.480. The molecule has 0 bridgehead atoms. The number of carbonyl (C=O) groups is 2. The lowest BCUT2D eigenvalue weighted by Gasteiger charge is -2.21. The molecule has 4 aromatic carbocycles. The molecule has 1 saturated heterocycles. The summed E-state index contributed by atoms with van der Waals surface area (Å²) >= 11 is 0. The van der Waals surface area contributed by atoms with Crippen molar-refractivity contribution in [1.82, 2.24) is 4.90 Å². The molecule has 2 heterocycles. The van der Waals surface area contributed by atoms with Crippen molar-refractivity contribution < 1.29 is 19.1 Å². The highest BCUT2D eigenvalue weighted by Gasteiger charge is 2.34. The zero-order valence-corrected chi connectivity index (χ0v) is 20.8. The Balaban J connectivity index is 1.27. The van der Waals surface area contributed by atoms with Crippen LogP contribution in [0.15, 0.2) is 108 Å². The van der Waals surface area contributed by atoms with E-state index in [9.17, 15) is 14.7 Å². The minimum atomic E-state index is -0.940. The number of hydrogen-bond donors (Lipinski definition) is 1. The van der Waals surface area contributed by atoms with Crippen molar-refractivity contribution in [2.45, 2.75) is 25.3 Å². The second kappa shape index (κ2) is 10.0. The Hall–Kier alpha value is -4.64. The van der Waals surface area contributed by atoms with Gasteiger partial charge in [-0.15, -0.1) is 0 Å². The zero-order valence-electron chi connectivity index (χ0n) is 20.8. The van der Waals surface area contributed by atoms with E-state index in [4.69, 9.17) is 4.42 Å². The molecular weight excluding hydrogens is 474 g/mol. The molecule has 5 heteroatoms. The van der Waals surface area contributed by atoms with Gasteiger partial charge in [0.25, 0.3) is 5.91 Å². The summed E-state index contributed by atoms with van der Waals surface area (Å²) in [5, 5.41) is 10.5. The number of hydrogen-bond acceptors (Lipinski definition) is 3. The fourth-order valence-electron chi connectivity index (χ4n) is 5.39. The van der Waals surface area contributed by atoms with Crippen LogP contribution >= 0.6 is 0 Å². The molecule has 1 unspecified atom stereocenters. The highest BCUT2D eigenvalue weighted by atomic mass is 16.4. The summed E-state index contributed by atoms with van der Waals surface area (Å²) < 4.78 is 6.30. The van der Waals surface area contributed by atoms with Crippen molar-refractivity contribution in [3.8, 4) is 22.3 Å². The summed E-state index contributed by atoms with van der Waals surface area (Å²) in [5.41, 5.74) is 6.80. The van der Waals surface area contributed by atoms with Crippen molar-refractivity contribution in [3.63, 3.8) is 0 Å². The number of nitrogens with zero attached hydrogens (tertiary/aromatic N) is 1.